The molecule has 0 saturated carbocycles. The van der Waals surface area contributed by atoms with Crippen molar-refractivity contribution in [1.29, 1.82) is 0 Å². The van der Waals surface area contributed by atoms with Crippen molar-refractivity contribution in [2.75, 3.05) is 18.0 Å². The van der Waals surface area contributed by atoms with E-state index in [1.165, 1.54) is 0 Å². The third-order valence-corrected chi connectivity index (χ3v) is 6.04. The first kappa shape index (κ1) is 26.3. The van der Waals surface area contributed by atoms with Gasteiger partial charge in [0.05, 0.1) is 18.4 Å². The third kappa shape index (κ3) is 8.52. The molecule has 1 aromatic rings. The highest BCUT2D eigenvalue weighted by atomic mass is 31.2. The molecule has 10 nitrogen and oxygen atoms in total. The molecule has 0 radical (unpaired) electrons. The molecule has 2 rings (SSSR count). The fourth-order valence-electron chi connectivity index (χ4n) is 3.42. The molecule has 1 saturated heterocycles. The summed E-state index contributed by atoms with van der Waals surface area (Å²) in [5.41, 5.74) is 1.31. The third-order valence-electron chi connectivity index (χ3n) is 5.20. The SMILES string of the molecule is C#CCCCCNC(=O)Nc1ccc(C[C@@H]2O[C@H](CCP(=O)(O)O)[C@@H](O)[C@H](O)[C@@H]2O)cc1. The highest BCUT2D eigenvalue weighted by Crippen LogP contribution is 2.37. The molecule has 0 bridgehead atoms. The summed E-state index contributed by atoms with van der Waals surface area (Å²) < 4.78 is 16.8. The van der Waals surface area contributed by atoms with Crippen molar-refractivity contribution in [2.45, 2.75) is 62.6 Å². The number of benzene rings is 1. The van der Waals surface area contributed by atoms with Crippen molar-refractivity contribution in [3.63, 3.8) is 0 Å². The number of carbonyl (C=O) groups is 1. The van der Waals surface area contributed by atoms with Crippen LogP contribution in [0.3, 0.4) is 0 Å². The summed E-state index contributed by atoms with van der Waals surface area (Å²) in [4.78, 5) is 30.0. The van der Waals surface area contributed by atoms with E-state index < -0.39 is 44.3 Å². The van der Waals surface area contributed by atoms with Crippen LogP contribution in [0, 0.1) is 12.3 Å². The van der Waals surface area contributed by atoms with Gasteiger partial charge in [-0.3, -0.25) is 4.57 Å². The summed E-state index contributed by atoms with van der Waals surface area (Å²) in [6, 6.07) is 6.47. The molecular weight excluding hydrogens is 439 g/mol. The molecular formula is C21H31N2O8P. The van der Waals surface area contributed by atoms with E-state index in [4.69, 9.17) is 20.9 Å². The van der Waals surface area contributed by atoms with Gasteiger partial charge in [-0.2, -0.15) is 0 Å². The first-order valence-electron chi connectivity index (χ1n) is 10.4. The van der Waals surface area contributed by atoms with Gasteiger partial charge < -0.3 is 40.5 Å². The molecule has 178 valence electrons. The molecule has 2 amide bonds. The highest BCUT2D eigenvalue weighted by Gasteiger charge is 2.43. The van der Waals surface area contributed by atoms with Crippen LogP contribution in [0.4, 0.5) is 10.5 Å². The van der Waals surface area contributed by atoms with E-state index in [2.05, 4.69) is 16.6 Å². The average molecular weight is 470 g/mol. The maximum absolute atomic E-state index is 11.9. The average Bonchev–Trinajstić information content (AvgIpc) is 2.74. The summed E-state index contributed by atoms with van der Waals surface area (Å²) >= 11 is 0. The second-order valence-electron chi connectivity index (χ2n) is 7.80. The summed E-state index contributed by atoms with van der Waals surface area (Å²) in [5.74, 6) is 2.54. The van der Waals surface area contributed by atoms with Crippen molar-refractivity contribution in [3.8, 4) is 12.3 Å². The lowest BCUT2D eigenvalue weighted by atomic mass is 9.90. The Labute approximate surface area is 187 Å². The Kier molecular flexibility index (Phi) is 10.1. The van der Waals surface area contributed by atoms with Crippen molar-refractivity contribution in [3.05, 3.63) is 29.8 Å². The van der Waals surface area contributed by atoms with Gasteiger partial charge in [-0.25, -0.2) is 4.79 Å². The van der Waals surface area contributed by atoms with Crippen molar-refractivity contribution >= 4 is 19.3 Å². The topological polar surface area (TPSA) is 169 Å². The molecule has 7 N–H and O–H groups in total. The van der Waals surface area contributed by atoms with Gasteiger partial charge in [-0.05, 0) is 37.0 Å². The molecule has 0 aromatic heterocycles. The standard InChI is InChI=1S/C21H31N2O8P/c1-2-3-4-5-11-22-21(27)23-15-8-6-14(7-9-15)13-17-19(25)20(26)18(24)16(31-17)10-12-32(28,29)30/h1,6-9,16-20,24-26H,3-5,10-13H2,(H2,22,23,27)(H2,28,29,30)/t16-,17+,18-,19-,20+/m1/s1. The van der Waals surface area contributed by atoms with Crippen LogP contribution in [0.15, 0.2) is 24.3 Å². The largest absolute Gasteiger partial charge is 0.388 e. The van der Waals surface area contributed by atoms with Crippen LogP contribution in [0.1, 0.15) is 31.2 Å². The number of hydrogen-bond donors (Lipinski definition) is 7. The number of aliphatic hydroxyl groups is 3. The van der Waals surface area contributed by atoms with E-state index in [0.717, 1.165) is 18.4 Å². The molecule has 5 atom stereocenters. The minimum Gasteiger partial charge on any atom is -0.388 e. The fourth-order valence-corrected chi connectivity index (χ4v) is 4.01. The number of hydrogen-bond acceptors (Lipinski definition) is 6. The molecule has 0 spiro atoms. The van der Waals surface area contributed by atoms with Gasteiger partial charge in [-0.1, -0.05) is 12.1 Å². The minimum absolute atomic E-state index is 0.160. The summed E-state index contributed by atoms with van der Waals surface area (Å²) in [6.07, 6.45) is 0.793. The van der Waals surface area contributed by atoms with Gasteiger partial charge in [0.2, 0.25) is 0 Å². The number of carbonyl (C=O) groups excluding carboxylic acids is 1. The summed E-state index contributed by atoms with van der Waals surface area (Å²) in [5, 5.41) is 35.9. The van der Waals surface area contributed by atoms with Crippen LogP contribution in [-0.4, -0.2) is 74.4 Å². The van der Waals surface area contributed by atoms with Crippen LogP contribution in [0.25, 0.3) is 0 Å². The van der Waals surface area contributed by atoms with Gasteiger partial charge in [0.15, 0.2) is 0 Å². The molecule has 1 fully saturated rings. The number of anilines is 1. The Morgan fingerprint density at radius 3 is 2.34 bits per heavy atom. The van der Waals surface area contributed by atoms with Crippen LogP contribution < -0.4 is 10.6 Å². The number of nitrogens with one attached hydrogen (secondary N) is 2. The Bertz CT molecular complexity index is 822. The smallest absolute Gasteiger partial charge is 0.325 e. The lowest BCUT2D eigenvalue weighted by Crippen LogP contribution is -2.58. The van der Waals surface area contributed by atoms with E-state index in [9.17, 15) is 24.7 Å². The van der Waals surface area contributed by atoms with Crippen LogP contribution in [0.5, 0.6) is 0 Å². The molecule has 1 aromatic carbocycles. The molecule has 0 aliphatic carbocycles. The first-order valence-corrected chi connectivity index (χ1v) is 12.2. The number of urea groups is 1. The van der Waals surface area contributed by atoms with Gasteiger partial charge in [-0.15, -0.1) is 12.3 Å². The maximum Gasteiger partial charge on any atom is 0.325 e. The van der Waals surface area contributed by atoms with E-state index in [1.54, 1.807) is 24.3 Å². The molecule has 32 heavy (non-hydrogen) atoms. The molecule has 1 aliphatic heterocycles. The quantitative estimate of drug-likeness (QED) is 0.148. The van der Waals surface area contributed by atoms with E-state index in [1.807, 2.05) is 0 Å². The Hall–Kier alpha value is -1.96. The van der Waals surface area contributed by atoms with E-state index in [-0.39, 0.29) is 18.9 Å². The van der Waals surface area contributed by atoms with Crippen molar-refractivity contribution < 1.29 is 39.2 Å². The fraction of sp³-hybridized carbons (Fsp3) is 0.571. The molecule has 1 aliphatic rings. The second-order valence-corrected chi connectivity index (χ2v) is 9.58. The maximum atomic E-state index is 11.9. The van der Waals surface area contributed by atoms with Crippen LogP contribution in [-0.2, 0) is 15.7 Å². The highest BCUT2D eigenvalue weighted by molar-refractivity contribution is 7.51. The summed E-state index contributed by atoms with van der Waals surface area (Å²) in [7, 11) is -4.29. The Balaban J connectivity index is 1.89. The number of terminal acetylenes is 1. The molecule has 11 heteroatoms. The number of ether oxygens (including phenoxy) is 1. The van der Waals surface area contributed by atoms with E-state index in [0.29, 0.717) is 18.7 Å². The van der Waals surface area contributed by atoms with Gasteiger partial charge in [0.1, 0.15) is 18.3 Å². The molecule has 1 heterocycles. The lowest BCUT2D eigenvalue weighted by Gasteiger charge is -2.41. The lowest BCUT2D eigenvalue weighted by molar-refractivity contribution is -0.221. The predicted molar refractivity (Wildman–Crippen MR) is 118 cm³/mol. The zero-order valence-electron chi connectivity index (χ0n) is 17.6. The minimum atomic E-state index is -4.29. The Morgan fingerprint density at radius 1 is 1.06 bits per heavy atom. The van der Waals surface area contributed by atoms with Crippen LogP contribution >= 0.6 is 7.60 Å². The van der Waals surface area contributed by atoms with Crippen molar-refractivity contribution in [2.24, 2.45) is 0 Å². The number of rotatable bonds is 10. The monoisotopic (exact) mass is 470 g/mol. The molecule has 0 unspecified atom stereocenters. The van der Waals surface area contributed by atoms with Crippen molar-refractivity contribution in [1.82, 2.24) is 5.32 Å². The zero-order valence-corrected chi connectivity index (χ0v) is 18.5. The van der Waals surface area contributed by atoms with Crippen LogP contribution in [0.2, 0.25) is 0 Å². The zero-order chi connectivity index (χ0) is 23.7. The second kappa shape index (κ2) is 12.3. The van der Waals surface area contributed by atoms with Gasteiger partial charge in [0.25, 0.3) is 0 Å². The Morgan fingerprint density at radius 2 is 1.72 bits per heavy atom. The normalized spacial score (nSPS) is 25.7. The van der Waals surface area contributed by atoms with E-state index >= 15 is 0 Å². The summed E-state index contributed by atoms with van der Waals surface area (Å²) in [6.45, 7) is 0.514. The number of aliphatic hydroxyl groups excluding tert-OH is 3. The number of unbranched alkanes of at least 4 members (excludes halogenated alkanes) is 2. The van der Waals surface area contributed by atoms with Gasteiger partial charge >= 0.3 is 13.6 Å². The van der Waals surface area contributed by atoms with Gasteiger partial charge in [0, 0.05) is 25.1 Å². The first-order chi connectivity index (χ1) is 15.1. The number of amides is 2. The predicted octanol–water partition coefficient (Wildman–Crippen LogP) is 0.572.